The zero-order valence-corrected chi connectivity index (χ0v) is 17.5. The number of fused-ring (bicyclic) bond motifs is 3. The minimum atomic E-state index is -0.408. The highest BCUT2D eigenvalue weighted by molar-refractivity contribution is 5.79. The molecule has 10 nitrogen and oxygen atoms in total. The Balaban J connectivity index is 1.87. The van der Waals surface area contributed by atoms with Gasteiger partial charge in [-0.1, -0.05) is 0 Å². The molecular formula is C20H25N5O5. The maximum atomic E-state index is 13.2. The lowest BCUT2D eigenvalue weighted by molar-refractivity contribution is 0.137. The normalized spacial score (nSPS) is 13.1. The van der Waals surface area contributed by atoms with Crippen LogP contribution in [0.4, 0.5) is 11.6 Å². The number of imidazole rings is 1. The van der Waals surface area contributed by atoms with Crippen LogP contribution in [0.1, 0.15) is 6.92 Å². The molecule has 0 radical (unpaired) electrons. The number of aromatic nitrogens is 4. The van der Waals surface area contributed by atoms with Crippen LogP contribution in [0.15, 0.2) is 27.8 Å². The summed E-state index contributed by atoms with van der Waals surface area (Å²) in [4.78, 5) is 32.5. The summed E-state index contributed by atoms with van der Waals surface area (Å²) in [5, 5.41) is 0. The van der Waals surface area contributed by atoms with Gasteiger partial charge in [0.2, 0.25) is 5.95 Å². The Bertz CT molecular complexity index is 1210. The van der Waals surface area contributed by atoms with Crippen molar-refractivity contribution < 1.29 is 14.2 Å². The van der Waals surface area contributed by atoms with Crippen LogP contribution < -0.4 is 25.6 Å². The second-order valence-electron chi connectivity index (χ2n) is 6.92. The summed E-state index contributed by atoms with van der Waals surface area (Å²) in [6.07, 6.45) is 0. The highest BCUT2D eigenvalue weighted by atomic mass is 16.5. The number of nitrogens with zero attached hydrogens (tertiary/aromatic N) is 5. The van der Waals surface area contributed by atoms with Gasteiger partial charge in [-0.2, -0.15) is 4.98 Å². The zero-order chi connectivity index (χ0) is 21.4. The predicted octanol–water partition coefficient (Wildman–Crippen LogP) is 1.10. The molecule has 0 spiro atoms. The lowest BCUT2D eigenvalue weighted by atomic mass is 10.2. The molecule has 30 heavy (non-hydrogen) atoms. The molecule has 0 fully saturated rings. The van der Waals surface area contributed by atoms with Gasteiger partial charge in [0, 0.05) is 32.8 Å². The van der Waals surface area contributed by atoms with Crippen LogP contribution in [0.2, 0.25) is 0 Å². The topological polar surface area (TPSA) is 92.8 Å². The van der Waals surface area contributed by atoms with E-state index in [1.165, 1.54) is 9.13 Å². The molecule has 0 aliphatic carbocycles. The summed E-state index contributed by atoms with van der Waals surface area (Å²) in [6.45, 7) is 4.06. The molecule has 1 aliphatic rings. The molecule has 0 saturated heterocycles. The third kappa shape index (κ3) is 3.04. The summed E-state index contributed by atoms with van der Waals surface area (Å²) in [5.41, 5.74) is 0.792. The first-order chi connectivity index (χ1) is 14.5. The number of rotatable bonds is 7. The van der Waals surface area contributed by atoms with Gasteiger partial charge in [-0.05, 0) is 19.1 Å². The number of anilines is 2. The van der Waals surface area contributed by atoms with Crippen LogP contribution in [-0.2, 0) is 24.9 Å². The van der Waals surface area contributed by atoms with Crippen LogP contribution in [-0.4, -0.2) is 52.7 Å². The lowest BCUT2D eigenvalue weighted by Gasteiger charge is -2.19. The SMILES string of the molecule is CCOCCn1c(=O)c2c(nc3n2CCN3c2cc(OC)ccc2OC)n(C)c1=O. The fraction of sp³-hybridized carbons (Fsp3) is 0.450. The van der Waals surface area contributed by atoms with Gasteiger partial charge in [0.25, 0.3) is 5.56 Å². The van der Waals surface area contributed by atoms with Crippen molar-refractivity contribution in [2.75, 3.05) is 38.9 Å². The number of methoxy groups -OCH3 is 2. The molecule has 2 aromatic heterocycles. The Hall–Kier alpha value is -3.27. The van der Waals surface area contributed by atoms with E-state index in [2.05, 4.69) is 4.98 Å². The van der Waals surface area contributed by atoms with E-state index in [1.807, 2.05) is 34.6 Å². The second-order valence-corrected chi connectivity index (χ2v) is 6.92. The number of hydrogen-bond acceptors (Lipinski definition) is 7. The average Bonchev–Trinajstić information content (AvgIpc) is 3.33. The maximum absolute atomic E-state index is 13.2. The van der Waals surface area contributed by atoms with Crippen molar-refractivity contribution in [1.29, 1.82) is 0 Å². The number of ether oxygens (including phenoxy) is 3. The van der Waals surface area contributed by atoms with Gasteiger partial charge in [0.15, 0.2) is 11.2 Å². The van der Waals surface area contributed by atoms with Crippen molar-refractivity contribution in [1.82, 2.24) is 18.7 Å². The standard InChI is InChI=1S/C20H25N5O5/c1-5-30-11-10-25-18(26)16-17(22(2)20(25)27)21-19-23(8-9-24(16)19)14-12-13(28-3)6-7-15(14)29-4/h6-7,12H,5,8-11H2,1-4H3. The van der Waals surface area contributed by atoms with Crippen LogP contribution in [0.25, 0.3) is 11.2 Å². The van der Waals surface area contributed by atoms with Gasteiger partial charge in [-0.25, -0.2) is 4.79 Å². The molecule has 3 heterocycles. The van der Waals surface area contributed by atoms with Crippen LogP contribution in [0, 0.1) is 0 Å². The van der Waals surface area contributed by atoms with Crippen LogP contribution in [0.3, 0.4) is 0 Å². The Morgan fingerprint density at radius 1 is 1.13 bits per heavy atom. The lowest BCUT2D eigenvalue weighted by Crippen LogP contribution is -2.40. The van der Waals surface area contributed by atoms with Crippen molar-refractivity contribution in [2.45, 2.75) is 20.0 Å². The van der Waals surface area contributed by atoms with Gasteiger partial charge in [-0.3, -0.25) is 13.9 Å². The fourth-order valence-corrected chi connectivity index (χ4v) is 3.81. The van der Waals surface area contributed by atoms with Gasteiger partial charge in [-0.15, -0.1) is 0 Å². The van der Waals surface area contributed by atoms with Gasteiger partial charge in [0.1, 0.15) is 11.5 Å². The summed E-state index contributed by atoms with van der Waals surface area (Å²) < 4.78 is 20.7. The third-order valence-electron chi connectivity index (χ3n) is 5.34. The number of aryl methyl sites for hydroxylation is 1. The van der Waals surface area contributed by atoms with Crippen LogP contribution in [0.5, 0.6) is 11.5 Å². The van der Waals surface area contributed by atoms with Crippen molar-refractivity contribution in [2.24, 2.45) is 7.05 Å². The molecule has 0 bridgehead atoms. The predicted molar refractivity (Wildman–Crippen MR) is 112 cm³/mol. The molecule has 0 amide bonds. The van der Waals surface area contributed by atoms with Gasteiger partial charge >= 0.3 is 5.69 Å². The molecule has 1 aromatic carbocycles. The highest BCUT2D eigenvalue weighted by Crippen LogP contribution is 2.39. The first-order valence-electron chi connectivity index (χ1n) is 9.79. The van der Waals surface area contributed by atoms with E-state index in [9.17, 15) is 9.59 Å². The monoisotopic (exact) mass is 415 g/mol. The van der Waals surface area contributed by atoms with Crippen molar-refractivity contribution in [3.05, 3.63) is 39.0 Å². The second kappa shape index (κ2) is 7.86. The quantitative estimate of drug-likeness (QED) is 0.534. The largest absolute Gasteiger partial charge is 0.497 e. The van der Waals surface area contributed by atoms with E-state index in [4.69, 9.17) is 14.2 Å². The minimum absolute atomic E-state index is 0.198. The number of benzene rings is 1. The zero-order valence-electron chi connectivity index (χ0n) is 17.5. The highest BCUT2D eigenvalue weighted by Gasteiger charge is 2.30. The van der Waals surface area contributed by atoms with Crippen molar-refractivity contribution in [3.8, 4) is 11.5 Å². The minimum Gasteiger partial charge on any atom is -0.497 e. The summed E-state index contributed by atoms with van der Waals surface area (Å²) >= 11 is 0. The van der Waals surface area contributed by atoms with E-state index >= 15 is 0 Å². The Labute approximate surface area is 172 Å². The number of hydrogen-bond donors (Lipinski definition) is 0. The van der Waals surface area contributed by atoms with Gasteiger partial charge in [0.05, 0.1) is 33.1 Å². The Morgan fingerprint density at radius 3 is 2.63 bits per heavy atom. The van der Waals surface area contributed by atoms with Crippen molar-refractivity contribution >= 4 is 22.8 Å². The third-order valence-corrected chi connectivity index (χ3v) is 5.34. The summed E-state index contributed by atoms with van der Waals surface area (Å²) in [6, 6.07) is 5.52. The maximum Gasteiger partial charge on any atom is 0.332 e. The summed E-state index contributed by atoms with van der Waals surface area (Å²) in [7, 11) is 4.83. The average molecular weight is 415 g/mol. The molecule has 10 heteroatoms. The first kappa shape index (κ1) is 20.0. The smallest absolute Gasteiger partial charge is 0.332 e. The van der Waals surface area contributed by atoms with E-state index in [0.717, 1.165) is 5.69 Å². The Morgan fingerprint density at radius 2 is 1.93 bits per heavy atom. The summed E-state index contributed by atoms with van der Waals surface area (Å²) in [5.74, 6) is 1.94. The molecule has 0 atom stereocenters. The molecule has 0 unspecified atom stereocenters. The van der Waals surface area contributed by atoms with E-state index in [-0.39, 0.29) is 12.1 Å². The van der Waals surface area contributed by atoms with Gasteiger partial charge < -0.3 is 23.7 Å². The van der Waals surface area contributed by atoms with E-state index in [0.29, 0.717) is 54.9 Å². The van der Waals surface area contributed by atoms with Crippen molar-refractivity contribution in [3.63, 3.8) is 0 Å². The first-order valence-corrected chi connectivity index (χ1v) is 9.79. The molecule has 1 aliphatic heterocycles. The van der Waals surface area contributed by atoms with Crippen LogP contribution >= 0.6 is 0 Å². The van der Waals surface area contributed by atoms with E-state index < -0.39 is 5.69 Å². The molecule has 4 rings (SSSR count). The molecule has 3 aromatic rings. The fourth-order valence-electron chi connectivity index (χ4n) is 3.81. The molecule has 0 saturated carbocycles. The molecular weight excluding hydrogens is 390 g/mol. The van der Waals surface area contributed by atoms with E-state index in [1.54, 1.807) is 21.3 Å². The Kier molecular flexibility index (Phi) is 5.25. The molecule has 160 valence electrons. The molecule has 0 N–H and O–H groups in total.